The van der Waals surface area contributed by atoms with E-state index in [2.05, 4.69) is 20.5 Å². The van der Waals surface area contributed by atoms with Crippen molar-refractivity contribution in [1.29, 1.82) is 0 Å². The van der Waals surface area contributed by atoms with Crippen LogP contribution in [0.4, 0.5) is 0 Å². The predicted octanol–water partition coefficient (Wildman–Crippen LogP) is 0.449. The molecule has 8 heteroatoms. The highest BCUT2D eigenvalue weighted by Gasteiger charge is 2.18. The van der Waals surface area contributed by atoms with Gasteiger partial charge in [0.25, 0.3) is 5.56 Å². The lowest BCUT2D eigenvalue weighted by Gasteiger charge is -2.18. The van der Waals surface area contributed by atoms with Crippen LogP contribution in [0.2, 0.25) is 0 Å². The van der Waals surface area contributed by atoms with E-state index in [0.29, 0.717) is 31.7 Å². The summed E-state index contributed by atoms with van der Waals surface area (Å²) in [5, 5.41) is 22.7. The fourth-order valence-corrected chi connectivity index (χ4v) is 3.68. The highest BCUT2D eigenvalue weighted by atomic mass is 16.3. The number of pyridine rings is 1. The van der Waals surface area contributed by atoms with Crippen LogP contribution in [0.15, 0.2) is 59.4 Å². The second kappa shape index (κ2) is 8.98. The molecule has 0 fully saturated rings. The summed E-state index contributed by atoms with van der Waals surface area (Å²) >= 11 is 0. The molecule has 2 aromatic carbocycles. The lowest BCUT2D eigenvalue weighted by molar-refractivity contribution is -0.928. The van der Waals surface area contributed by atoms with Crippen LogP contribution in [0.1, 0.15) is 22.5 Å². The Morgan fingerprint density at radius 1 is 1.10 bits per heavy atom. The molecule has 0 saturated heterocycles. The molecule has 1 atom stereocenters. The second-order valence-corrected chi connectivity index (χ2v) is 7.48. The molecule has 30 heavy (non-hydrogen) atoms. The number of fused-ring (bicyclic) bond motifs is 1. The topological polar surface area (TPSA) is 101 Å². The molecule has 0 radical (unpaired) electrons. The molecule has 0 bridgehead atoms. The average Bonchev–Trinajstić information content (AvgIpc) is 3.17. The van der Waals surface area contributed by atoms with E-state index in [1.807, 2.05) is 61.5 Å². The number of aromatic nitrogens is 5. The lowest BCUT2D eigenvalue weighted by atomic mass is 10.1. The molecule has 2 aromatic heterocycles. The van der Waals surface area contributed by atoms with Gasteiger partial charge in [-0.2, -0.15) is 0 Å². The number of aromatic amines is 1. The molecule has 0 amide bonds. The highest BCUT2D eigenvalue weighted by molar-refractivity contribution is 5.81. The minimum Gasteiger partial charge on any atom is -0.391 e. The maximum absolute atomic E-state index is 12.7. The Labute approximate surface area is 173 Å². The van der Waals surface area contributed by atoms with Crippen molar-refractivity contribution >= 4 is 10.9 Å². The summed E-state index contributed by atoms with van der Waals surface area (Å²) in [6.45, 7) is 4.03. The number of hydrogen-bond donors (Lipinski definition) is 3. The number of aliphatic hydroxyl groups is 1. The van der Waals surface area contributed by atoms with E-state index in [9.17, 15) is 9.90 Å². The molecule has 2 heterocycles. The Hall–Kier alpha value is -3.36. The molecule has 8 nitrogen and oxygen atoms in total. The van der Waals surface area contributed by atoms with Crippen molar-refractivity contribution in [3.05, 3.63) is 87.5 Å². The van der Waals surface area contributed by atoms with Crippen molar-refractivity contribution in [3.8, 4) is 0 Å². The van der Waals surface area contributed by atoms with Crippen molar-refractivity contribution in [2.75, 3.05) is 13.2 Å². The molecular weight excluding hydrogens is 380 g/mol. The summed E-state index contributed by atoms with van der Waals surface area (Å²) in [4.78, 5) is 16.7. The number of para-hydroxylation sites is 1. The van der Waals surface area contributed by atoms with Crippen molar-refractivity contribution in [1.82, 2.24) is 25.2 Å². The summed E-state index contributed by atoms with van der Waals surface area (Å²) in [6.07, 6.45) is 0. The van der Waals surface area contributed by atoms with Gasteiger partial charge in [-0.1, -0.05) is 48.5 Å². The van der Waals surface area contributed by atoms with E-state index in [-0.39, 0.29) is 12.2 Å². The standard InChI is InChI=1S/C22H24N6O2/c1-16-6-5-9-18-12-19(22(30)23-21(16)18)14-27(10-11-29)15-20-24-25-26-28(20)13-17-7-3-2-4-8-17/h2-9,12,29H,10-11,13-15H2,1H3,(H,23,30)/p+1. The van der Waals surface area contributed by atoms with Crippen LogP contribution in [0, 0.1) is 6.92 Å². The molecule has 1 unspecified atom stereocenters. The van der Waals surface area contributed by atoms with Gasteiger partial charge in [-0.15, -0.1) is 5.10 Å². The molecule has 0 aliphatic rings. The largest absolute Gasteiger partial charge is 0.391 e. The van der Waals surface area contributed by atoms with Crippen LogP contribution < -0.4 is 10.5 Å². The van der Waals surface area contributed by atoms with Crippen molar-refractivity contribution < 1.29 is 10.0 Å². The van der Waals surface area contributed by atoms with Gasteiger partial charge in [-0.05, 0) is 39.9 Å². The Kier molecular flexibility index (Phi) is 5.97. The smallest absolute Gasteiger partial charge is 0.257 e. The summed E-state index contributed by atoms with van der Waals surface area (Å²) in [5.41, 5.74) is 3.59. The summed E-state index contributed by atoms with van der Waals surface area (Å²) in [6, 6.07) is 17.9. The minimum atomic E-state index is -0.101. The molecule has 0 aliphatic heterocycles. The first-order valence-corrected chi connectivity index (χ1v) is 9.99. The quantitative estimate of drug-likeness (QED) is 0.395. The third kappa shape index (κ3) is 4.45. The van der Waals surface area contributed by atoms with Gasteiger partial charge in [0.15, 0.2) is 0 Å². The van der Waals surface area contributed by atoms with Gasteiger partial charge in [0, 0.05) is 0 Å². The van der Waals surface area contributed by atoms with Gasteiger partial charge in [0.1, 0.15) is 19.6 Å². The fourth-order valence-electron chi connectivity index (χ4n) is 3.68. The molecule has 154 valence electrons. The van der Waals surface area contributed by atoms with Gasteiger partial charge in [-0.25, -0.2) is 4.68 Å². The molecule has 4 aromatic rings. The van der Waals surface area contributed by atoms with Crippen LogP contribution in [0.25, 0.3) is 10.9 Å². The number of H-pyrrole nitrogens is 1. The number of quaternary nitrogens is 1. The number of hydrogen-bond acceptors (Lipinski definition) is 5. The van der Waals surface area contributed by atoms with Gasteiger partial charge in [0.2, 0.25) is 5.82 Å². The fraction of sp³-hybridized carbons (Fsp3) is 0.273. The number of nitrogens with one attached hydrogen (secondary N) is 2. The summed E-state index contributed by atoms with van der Waals surface area (Å²) < 4.78 is 1.76. The zero-order valence-electron chi connectivity index (χ0n) is 16.9. The Balaban J connectivity index is 1.56. The highest BCUT2D eigenvalue weighted by Crippen LogP contribution is 2.14. The van der Waals surface area contributed by atoms with Gasteiger partial charge in [0.05, 0.1) is 24.2 Å². The monoisotopic (exact) mass is 405 g/mol. The number of benzene rings is 2. The zero-order chi connectivity index (χ0) is 20.9. The van der Waals surface area contributed by atoms with E-state index in [4.69, 9.17) is 0 Å². The van der Waals surface area contributed by atoms with Gasteiger partial charge >= 0.3 is 0 Å². The van der Waals surface area contributed by atoms with Crippen LogP contribution in [0.5, 0.6) is 0 Å². The second-order valence-electron chi connectivity index (χ2n) is 7.48. The number of aliphatic hydroxyl groups excluding tert-OH is 1. The maximum atomic E-state index is 12.7. The van der Waals surface area contributed by atoms with E-state index >= 15 is 0 Å². The van der Waals surface area contributed by atoms with E-state index in [1.54, 1.807) is 4.68 Å². The van der Waals surface area contributed by atoms with Crippen molar-refractivity contribution in [2.45, 2.75) is 26.6 Å². The van der Waals surface area contributed by atoms with Crippen molar-refractivity contribution in [2.24, 2.45) is 0 Å². The van der Waals surface area contributed by atoms with Crippen LogP contribution in [-0.4, -0.2) is 43.4 Å². The Morgan fingerprint density at radius 3 is 2.73 bits per heavy atom. The molecule has 0 spiro atoms. The maximum Gasteiger partial charge on any atom is 0.257 e. The predicted molar refractivity (Wildman–Crippen MR) is 113 cm³/mol. The van der Waals surface area contributed by atoms with Crippen molar-refractivity contribution in [3.63, 3.8) is 0 Å². The van der Waals surface area contributed by atoms with E-state index in [0.717, 1.165) is 32.8 Å². The van der Waals surface area contributed by atoms with Gasteiger partial charge < -0.3 is 15.0 Å². The third-order valence-corrected chi connectivity index (χ3v) is 5.26. The third-order valence-electron chi connectivity index (χ3n) is 5.26. The first-order chi connectivity index (χ1) is 14.6. The molecule has 3 N–H and O–H groups in total. The number of nitrogens with zero attached hydrogens (tertiary/aromatic N) is 4. The Morgan fingerprint density at radius 2 is 1.93 bits per heavy atom. The summed E-state index contributed by atoms with van der Waals surface area (Å²) in [7, 11) is 0. The minimum absolute atomic E-state index is 0.0141. The Bertz CT molecular complexity index is 1190. The molecule has 0 saturated carbocycles. The summed E-state index contributed by atoms with van der Waals surface area (Å²) in [5.74, 6) is 0.718. The van der Waals surface area contributed by atoms with Crippen LogP contribution in [0.3, 0.4) is 0 Å². The first-order valence-electron chi connectivity index (χ1n) is 9.99. The van der Waals surface area contributed by atoms with Gasteiger partial charge in [-0.3, -0.25) is 4.79 Å². The van der Waals surface area contributed by atoms with Crippen LogP contribution in [-0.2, 0) is 19.6 Å². The zero-order valence-corrected chi connectivity index (χ0v) is 16.9. The molecular formula is C22H25N6O2+. The SMILES string of the molecule is Cc1cccc2cc(C[NH+](CCO)Cc3nnnn3Cc3ccccc3)c(=O)[nH]c12. The molecule has 0 aliphatic carbocycles. The number of tetrazole rings is 1. The normalized spacial score (nSPS) is 12.3. The number of rotatable bonds is 8. The van der Waals surface area contributed by atoms with E-state index in [1.165, 1.54) is 0 Å². The van der Waals surface area contributed by atoms with Crippen LogP contribution >= 0.6 is 0 Å². The lowest BCUT2D eigenvalue weighted by Crippen LogP contribution is -3.10. The average molecular weight is 405 g/mol. The van der Waals surface area contributed by atoms with E-state index < -0.39 is 0 Å². The molecule has 4 rings (SSSR count). The number of aryl methyl sites for hydroxylation is 1. The first kappa shape index (κ1) is 19.9.